The maximum absolute atomic E-state index is 13.2. The minimum Gasteiger partial charge on any atom is -0.493 e. The van der Waals surface area contributed by atoms with E-state index in [9.17, 15) is 4.79 Å². The van der Waals surface area contributed by atoms with Crippen LogP contribution in [0.15, 0.2) is 30.4 Å². The summed E-state index contributed by atoms with van der Waals surface area (Å²) in [6, 6.07) is 5.96. The van der Waals surface area contributed by atoms with Gasteiger partial charge in [0.05, 0.1) is 12.6 Å². The van der Waals surface area contributed by atoms with E-state index >= 15 is 0 Å². The smallest absolute Gasteiger partial charge is 0.411 e. The van der Waals surface area contributed by atoms with Crippen LogP contribution in [-0.2, 0) is 11.2 Å². The quantitative estimate of drug-likeness (QED) is 0.625. The summed E-state index contributed by atoms with van der Waals surface area (Å²) in [5, 5.41) is 3.39. The van der Waals surface area contributed by atoms with Crippen LogP contribution in [0, 0.1) is 6.92 Å². The van der Waals surface area contributed by atoms with Crippen LogP contribution in [0.3, 0.4) is 0 Å². The van der Waals surface area contributed by atoms with Gasteiger partial charge in [0, 0.05) is 50.1 Å². The fraction of sp³-hybridized carbons (Fsp3) is 0.500. The van der Waals surface area contributed by atoms with Crippen molar-refractivity contribution >= 4 is 23.5 Å². The zero-order chi connectivity index (χ0) is 24.5. The number of aromatic nitrogens is 2. The molecule has 2 aliphatic heterocycles. The molecule has 1 atom stereocenters. The summed E-state index contributed by atoms with van der Waals surface area (Å²) in [4.78, 5) is 26.1. The van der Waals surface area contributed by atoms with Gasteiger partial charge in [-0.2, -0.15) is 4.98 Å². The van der Waals surface area contributed by atoms with E-state index in [1.165, 1.54) is 0 Å². The number of anilines is 3. The van der Waals surface area contributed by atoms with Crippen molar-refractivity contribution in [2.45, 2.75) is 58.6 Å². The van der Waals surface area contributed by atoms with Gasteiger partial charge in [0.1, 0.15) is 17.2 Å². The van der Waals surface area contributed by atoms with Gasteiger partial charge < -0.3 is 19.7 Å². The van der Waals surface area contributed by atoms with E-state index in [0.717, 1.165) is 53.3 Å². The van der Waals surface area contributed by atoms with Gasteiger partial charge in [0.25, 0.3) is 0 Å². The maximum Gasteiger partial charge on any atom is 0.411 e. The van der Waals surface area contributed by atoms with Gasteiger partial charge in [-0.15, -0.1) is 0 Å². The average molecular weight is 466 g/mol. The summed E-state index contributed by atoms with van der Waals surface area (Å²) in [7, 11) is 3.92. The standard InChI is InChI=1S/C26H35N5O3/c1-17-14-22(30(5)6)29-24(27-17)28-19-15-18-11-13-33-23(18)20(16-19)21-10-8-7-9-12-31(21)25(32)34-26(2,3)4/h7,9,14-16,21H,8,10-13H2,1-6H3,(H,27,28,29). The molecule has 2 aromatic rings. The number of aryl methyl sites for hydroxylation is 1. The molecule has 8 heteroatoms. The average Bonchev–Trinajstić information content (AvgIpc) is 3.07. The van der Waals surface area contributed by atoms with Gasteiger partial charge >= 0.3 is 6.09 Å². The van der Waals surface area contributed by atoms with Crippen molar-refractivity contribution in [3.63, 3.8) is 0 Å². The van der Waals surface area contributed by atoms with Gasteiger partial charge in [-0.3, -0.25) is 4.90 Å². The van der Waals surface area contributed by atoms with E-state index in [4.69, 9.17) is 9.47 Å². The highest BCUT2D eigenvalue weighted by Gasteiger charge is 2.33. The summed E-state index contributed by atoms with van der Waals surface area (Å²) < 4.78 is 11.8. The van der Waals surface area contributed by atoms with E-state index in [1.54, 1.807) is 0 Å². The Hall–Kier alpha value is -3.29. The molecular formula is C26H35N5O3. The van der Waals surface area contributed by atoms with Gasteiger partial charge in [-0.25, -0.2) is 9.78 Å². The Kier molecular flexibility index (Phi) is 6.68. The van der Waals surface area contributed by atoms with Crippen LogP contribution < -0.4 is 15.0 Å². The summed E-state index contributed by atoms with van der Waals surface area (Å²) >= 11 is 0. The lowest BCUT2D eigenvalue weighted by molar-refractivity contribution is 0.0180. The Morgan fingerprint density at radius 2 is 2.00 bits per heavy atom. The number of carbonyl (C=O) groups excluding carboxylic acids is 1. The first-order valence-electron chi connectivity index (χ1n) is 11.8. The molecule has 8 nitrogen and oxygen atoms in total. The number of hydrogen-bond donors (Lipinski definition) is 1. The van der Waals surface area contributed by atoms with Crippen LogP contribution in [0.2, 0.25) is 0 Å². The number of nitrogens with zero attached hydrogens (tertiary/aromatic N) is 4. The number of hydrogen-bond acceptors (Lipinski definition) is 7. The van der Waals surface area contributed by atoms with Crippen molar-refractivity contribution in [1.82, 2.24) is 14.9 Å². The Morgan fingerprint density at radius 1 is 1.21 bits per heavy atom. The van der Waals surface area contributed by atoms with Crippen molar-refractivity contribution in [2.24, 2.45) is 0 Å². The maximum atomic E-state index is 13.2. The molecule has 0 spiro atoms. The molecule has 2 aliphatic rings. The van der Waals surface area contributed by atoms with E-state index in [1.807, 2.05) is 63.7 Å². The second-order valence-corrected chi connectivity index (χ2v) is 10.1. The molecule has 0 aliphatic carbocycles. The second-order valence-electron chi connectivity index (χ2n) is 10.1. The number of carbonyl (C=O) groups is 1. The molecule has 0 radical (unpaired) electrons. The lowest BCUT2D eigenvalue weighted by Crippen LogP contribution is -2.39. The second kappa shape index (κ2) is 9.52. The molecule has 0 saturated heterocycles. The largest absolute Gasteiger partial charge is 0.493 e. The van der Waals surface area contributed by atoms with Crippen molar-refractivity contribution in [1.29, 1.82) is 0 Å². The highest BCUT2D eigenvalue weighted by molar-refractivity contribution is 5.70. The Bertz CT molecular complexity index is 1090. The van der Waals surface area contributed by atoms with Crippen LogP contribution >= 0.6 is 0 Å². The van der Waals surface area contributed by atoms with Crippen LogP contribution in [0.4, 0.5) is 22.2 Å². The summed E-state index contributed by atoms with van der Waals surface area (Å²) in [5.41, 5.74) is 3.33. The van der Waals surface area contributed by atoms with E-state index in [2.05, 4.69) is 33.5 Å². The highest BCUT2D eigenvalue weighted by Crippen LogP contribution is 2.42. The van der Waals surface area contributed by atoms with Gasteiger partial charge in [0.15, 0.2) is 0 Å². The van der Waals surface area contributed by atoms with Crippen molar-refractivity contribution in [3.05, 3.63) is 47.2 Å². The minimum absolute atomic E-state index is 0.158. The number of ether oxygens (including phenoxy) is 2. The van der Waals surface area contributed by atoms with Crippen molar-refractivity contribution in [2.75, 3.05) is 37.5 Å². The van der Waals surface area contributed by atoms with Crippen molar-refractivity contribution < 1.29 is 14.3 Å². The number of fused-ring (bicyclic) bond motifs is 1. The van der Waals surface area contributed by atoms with Crippen LogP contribution in [0.5, 0.6) is 5.75 Å². The highest BCUT2D eigenvalue weighted by atomic mass is 16.6. The number of benzene rings is 1. The topological polar surface area (TPSA) is 79.8 Å². The zero-order valence-corrected chi connectivity index (χ0v) is 21.0. The molecule has 0 bridgehead atoms. The van der Waals surface area contributed by atoms with Crippen LogP contribution in [0.25, 0.3) is 0 Å². The van der Waals surface area contributed by atoms with Gasteiger partial charge in [-0.1, -0.05) is 12.2 Å². The number of allylic oxidation sites excluding steroid dienone is 1. The van der Waals surface area contributed by atoms with Gasteiger partial charge in [-0.05, 0) is 58.2 Å². The predicted octanol–water partition coefficient (Wildman–Crippen LogP) is 5.16. The fourth-order valence-electron chi connectivity index (χ4n) is 4.31. The third-order valence-corrected chi connectivity index (χ3v) is 5.81. The zero-order valence-electron chi connectivity index (χ0n) is 21.0. The van der Waals surface area contributed by atoms with Crippen LogP contribution in [-0.4, -0.2) is 53.8 Å². The van der Waals surface area contributed by atoms with E-state index in [-0.39, 0.29) is 12.1 Å². The Labute approximate surface area is 202 Å². The predicted molar refractivity (Wildman–Crippen MR) is 134 cm³/mol. The first kappa shape index (κ1) is 23.9. The number of nitrogens with one attached hydrogen (secondary N) is 1. The summed E-state index contributed by atoms with van der Waals surface area (Å²) in [5.74, 6) is 2.26. The first-order chi connectivity index (χ1) is 16.1. The third kappa shape index (κ3) is 5.43. The molecule has 34 heavy (non-hydrogen) atoms. The lowest BCUT2D eigenvalue weighted by Gasteiger charge is -2.33. The number of amides is 1. The third-order valence-electron chi connectivity index (χ3n) is 5.81. The van der Waals surface area contributed by atoms with E-state index < -0.39 is 5.60 Å². The monoisotopic (exact) mass is 465 g/mol. The Balaban J connectivity index is 1.71. The van der Waals surface area contributed by atoms with Crippen molar-refractivity contribution in [3.8, 4) is 5.75 Å². The Morgan fingerprint density at radius 3 is 2.74 bits per heavy atom. The minimum atomic E-state index is -0.563. The van der Waals surface area contributed by atoms with Gasteiger partial charge in [0.2, 0.25) is 5.95 Å². The molecule has 0 saturated carbocycles. The normalized spacial score (nSPS) is 17.6. The first-order valence-corrected chi connectivity index (χ1v) is 11.8. The molecule has 1 unspecified atom stereocenters. The molecule has 1 aromatic carbocycles. The number of rotatable bonds is 4. The molecule has 182 valence electrons. The molecule has 1 aromatic heterocycles. The summed E-state index contributed by atoms with van der Waals surface area (Å²) in [6.45, 7) is 8.77. The molecule has 3 heterocycles. The van der Waals surface area contributed by atoms with Crippen LogP contribution in [0.1, 0.15) is 56.5 Å². The van der Waals surface area contributed by atoms with E-state index in [0.29, 0.717) is 19.1 Å². The molecule has 1 N–H and O–H groups in total. The summed E-state index contributed by atoms with van der Waals surface area (Å²) in [6.07, 6.45) is 6.35. The SMILES string of the molecule is Cc1cc(N(C)C)nc(Nc2cc3c(c(C4CCC=CCN4C(=O)OC(C)(C)C)c2)OCC3)n1. The fourth-order valence-corrected chi connectivity index (χ4v) is 4.31. The lowest BCUT2D eigenvalue weighted by atomic mass is 9.96. The molecule has 1 amide bonds. The molecular weight excluding hydrogens is 430 g/mol. The molecule has 4 rings (SSSR count). The molecule has 0 fully saturated rings.